The smallest absolute Gasteiger partial charge is 0.120 e. The molecule has 0 aromatic heterocycles. The van der Waals surface area contributed by atoms with Crippen LogP contribution in [0.5, 0.6) is 5.75 Å². The predicted molar refractivity (Wildman–Crippen MR) is 67.0 cm³/mol. The summed E-state index contributed by atoms with van der Waals surface area (Å²) in [4.78, 5) is 0. The molecule has 1 aromatic carbocycles. The van der Waals surface area contributed by atoms with Crippen LogP contribution in [0.2, 0.25) is 5.02 Å². The van der Waals surface area contributed by atoms with Crippen LogP contribution < -0.4 is 4.74 Å². The molecule has 16 heavy (non-hydrogen) atoms. The average molecular weight is 243 g/mol. The van der Waals surface area contributed by atoms with E-state index >= 15 is 0 Å². The maximum absolute atomic E-state index is 9.67. The first-order valence-corrected chi connectivity index (χ1v) is 6.02. The van der Waals surface area contributed by atoms with Crippen molar-refractivity contribution in [3.8, 4) is 5.75 Å². The van der Waals surface area contributed by atoms with E-state index in [1.54, 1.807) is 12.1 Å². The summed E-state index contributed by atoms with van der Waals surface area (Å²) >= 11 is 5.82. The Hall–Kier alpha value is -0.730. The van der Waals surface area contributed by atoms with Crippen molar-refractivity contribution in [2.45, 2.75) is 32.8 Å². The second-order valence-corrected chi connectivity index (χ2v) is 4.83. The Kier molecular flexibility index (Phi) is 5.64. The number of hydrogen-bond donors (Lipinski definition) is 1. The second kappa shape index (κ2) is 6.77. The van der Waals surface area contributed by atoms with Crippen molar-refractivity contribution in [2.75, 3.05) is 6.61 Å². The van der Waals surface area contributed by atoms with E-state index in [0.717, 1.165) is 12.8 Å². The highest BCUT2D eigenvalue weighted by molar-refractivity contribution is 6.30. The third-order valence-electron chi connectivity index (χ3n) is 2.32. The molecule has 0 saturated carbocycles. The van der Waals surface area contributed by atoms with Crippen molar-refractivity contribution >= 4 is 11.6 Å². The summed E-state index contributed by atoms with van der Waals surface area (Å²) in [6.07, 6.45) is 1.39. The van der Waals surface area contributed by atoms with Gasteiger partial charge in [-0.25, -0.2) is 0 Å². The van der Waals surface area contributed by atoms with Gasteiger partial charge in [0.15, 0.2) is 0 Å². The first-order chi connectivity index (χ1) is 7.58. The predicted octanol–water partition coefficient (Wildman–Crippen LogP) is 3.52. The van der Waals surface area contributed by atoms with Crippen LogP contribution in [0.3, 0.4) is 0 Å². The van der Waals surface area contributed by atoms with Gasteiger partial charge in [0.2, 0.25) is 0 Å². The number of aliphatic hydroxyl groups is 1. The zero-order valence-corrected chi connectivity index (χ0v) is 10.6. The lowest BCUT2D eigenvalue weighted by Gasteiger charge is -2.13. The highest BCUT2D eigenvalue weighted by atomic mass is 35.5. The highest BCUT2D eigenvalue weighted by Crippen LogP contribution is 2.17. The molecule has 0 bridgehead atoms. The molecule has 0 radical (unpaired) electrons. The summed E-state index contributed by atoms with van der Waals surface area (Å²) in [7, 11) is 0. The van der Waals surface area contributed by atoms with Crippen molar-refractivity contribution in [3.05, 3.63) is 29.3 Å². The van der Waals surface area contributed by atoms with Crippen LogP contribution in [-0.4, -0.2) is 17.8 Å². The van der Waals surface area contributed by atoms with Crippen molar-refractivity contribution < 1.29 is 9.84 Å². The minimum absolute atomic E-state index is 0.326. The summed E-state index contributed by atoms with van der Waals surface area (Å²) < 4.78 is 5.45. The number of rotatable bonds is 6. The number of benzene rings is 1. The Morgan fingerprint density at radius 2 is 2.06 bits per heavy atom. The Morgan fingerprint density at radius 1 is 1.31 bits per heavy atom. The lowest BCUT2D eigenvalue weighted by Crippen LogP contribution is -2.18. The van der Waals surface area contributed by atoms with Gasteiger partial charge in [-0.2, -0.15) is 0 Å². The SMILES string of the molecule is CC(C)CCC(O)COc1cccc(Cl)c1. The fraction of sp³-hybridized carbons (Fsp3) is 0.538. The molecule has 0 saturated heterocycles. The van der Waals surface area contributed by atoms with Gasteiger partial charge in [0.1, 0.15) is 12.4 Å². The lowest BCUT2D eigenvalue weighted by atomic mass is 10.1. The van der Waals surface area contributed by atoms with Gasteiger partial charge in [0.05, 0.1) is 6.10 Å². The lowest BCUT2D eigenvalue weighted by molar-refractivity contribution is 0.0950. The third kappa shape index (κ3) is 5.38. The fourth-order valence-corrected chi connectivity index (χ4v) is 1.54. The molecule has 3 heteroatoms. The van der Waals surface area contributed by atoms with Crippen LogP contribution in [0, 0.1) is 5.92 Å². The molecule has 0 aliphatic carbocycles. The van der Waals surface area contributed by atoms with E-state index < -0.39 is 6.10 Å². The molecule has 0 aliphatic heterocycles. The van der Waals surface area contributed by atoms with Gasteiger partial charge < -0.3 is 9.84 Å². The van der Waals surface area contributed by atoms with E-state index in [2.05, 4.69) is 13.8 Å². The number of ether oxygens (including phenoxy) is 1. The zero-order valence-electron chi connectivity index (χ0n) is 9.82. The first kappa shape index (κ1) is 13.3. The molecule has 1 atom stereocenters. The minimum atomic E-state index is -0.401. The van der Waals surface area contributed by atoms with E-state index in [0.29, 0.717) is 23.3 Å². The van der Waals surface area contributed by atoms with Gasteiger partial charge in [-0.3, -0.25) is 0 Å². The number of hydrogen-bond acceptors (Lipinski definition) is 2. The van der Waals surface area contributed by atoms with Crippen LogP contribution >= 0.6 is 11.6 Å². The summed E-state index contributed by atoms with van der Waals surface area (Å²) in [6, 6.07) is 7.21. The highest BCUT2D eigenvalue weighted by Gasteiger charge is 2.06. The largest absolute Gasteiger partial charge is 0.491 e. The summed E-state index contributed by atoms with van der Waals surface area (Å²) in [5, 5.41) is 10.3. The van der Waals surface area contributed by atoms with Gasteiger partial charge in [-0.05, 0) is 37.0 Å². The maximum atomic E-state index is 9.67. The molecule has 90 valence electrons. The summed E-state index contributed by atoms with van der Waals surface area (Å²) in [6.45, 7) is 4.61. The van der Waals surface area contributed by atoms with Gasteiger partial charge in [-0.15, -0.1) is 0 Å². The summed E-state index contributed by atoms with van der Waals surface area (Å²) in [5.41, 5.74) is 0. The molecular weight excluding hydrogens is 224 g/mol. The van der Waals surface area contributed by atoms with Crippen LogP contribution in [0.1, 0.15) is 26.7 Å². The zero-order chi connectivity index (χ0) is 12.0. The molecule has 0 aliphatic rings. The number of aliphatic hydroxyl groups excluding tert-OH is 1. The third-order valence-corrected chi connectivity index (χ3v) is 2.55. The quantitative estimate of drug-likeness (QED) is 0.827. The van der Waals surface area contributed by atoms with Crippen LogP contribution in [-0.2, 0) is 0 Å². The Balaban J connectivity index is 2.28. The van der Waals surface area contributed by atoms with E-state index in [-0.39, 0.29) is 0 Å². The standard InChI is InChI=1S/C13H19ClO2/c1-10(2)6-7-12(15)9-16-13-5-3-4-11(14)8-13/h3-5,8,10,12,15H,6-7,9H2,1-2H3. The molecule has 0 heterocycles. The maximum Gasteiger partial charge on any atom is 0.120 e. The van der Waals surface area contributed by atoms with Crippen molar-refractivity contribution in [1.29, 1.82) is 0 Å². The van der Waals surface area contributed by atoms with Crippen LogP contribution in [0.4, 0.5) is 0 Å². The molecule has 0 fully saturated rings. The van der Waals surface area contributed by atoms with E-state index in [9.17, 15) is 5.11 Å². The molecule has 1 N–H and O–H groups in total. The summed E-state index contributed by atoms with van der Waals surface area (Å²) in [5.74, 6) is 1.32. The topological polar surface area (TPSA) is 29.5 Å². The van der Waals surface area contributed by atoms with Crippen LogP contribution in [0.25, 0.3) is 0 Å². The van der Waals surface area contributed by atoms with Crippen LogP contribution in [0.15, 0.2) is 24.3 Å². The molecule has 1 aromatic rings. The van der Waals surface area contributed by atoms with Crippen molar-refractivity contribution in [3.63, 3.8) is 0 Å². The normalized spacial score (nSPS) is 12.8. The molecule has 0 amide bonds. The van der Waals surface area contributed by atoms with Gasteiger partial charge in [0, 0.05) is 5.02 Å². The van der Waals surface area contributed by atoms with Crippen molar-refractivity contribution in [2.24, 2.45) is 5.92 Å². The second-order valence-electron chi connectivity index (χ2n) is 4.39. The van der Waals surface area contributed by atoms with E-state index in [4.69, 9.17) is 16.3 Å². The molecule has 2 nitrogen and oxygen atoms in total. The Labute approximate surface area is 102 Å². The average Bonchev–Trinajstić information content (AvgIpc) is 2.23. The minimum Gasteiger partial charge on any atom is -0.491 e. The van der Waals surface area contributed by atoms with E-state index in [1.807, 2.05) is 12.1 Å². The van der Waals surface area contributed by atoms with Gasteiger partial charge >= 0.3 is 0 Å². The van der Waals surface area contributed by atoms with E-state index in [1.165, 1.54) is 0 Å². The number of halogens is 1. The molecule has 0 spiro atoms. The Bertz CT molecular complexity index is 313. The fourth-order valence-electron chi connectivity index (χ4n) is 1.36. The Morgan fingerprint density at radius 3 is 2.69 bits per heavy atom. The molecular formula is C13H19ClO2. The molecule has 1 unspecified atom stereocenters. The molecule has 1 rings (SSSR count). The van der Waals surface area contributed by atoms with Crippen molar-refractivity contribution in [1.82, 2.24) is 0 Å². The van der Waals surface area contributed by atoms with Gasteiger partial charge in [-0.1, -0.05) is 31.5 Å². The van der Waals surface area contributed by atoms with Gasteiger partial charge in [0.25, 0.3) is 0 Å². The first-order valence-electron chi connectivity index (χ1n) is 5.64. The monoisotopic (exact) mass is 242 g/mol.